The fourth-order valence-corrected chi connectivity index (χ4v) is 5.92. The van der Waals surface area contributed by atoms with Crippen LogP contribution in [-0.2, 0) is 11.3 Å². The summed E-state index contributed by atoms with van der Waals surface area (Å²) in [6, 6.07) is 17.4. The number of carbonyl (C=O) groups excluding carboxylic acids is 1. The number of aromatic nitrogens is 2. The van der Waals surface area contributed by atoms with Crippen molar-refractivity contribution in [3.05, 3.63) is 68.9 Å². The van der Waals surface area contributed by atoms with Crippen molar-refractivity contribution in [3.8, 4) is 10.4 Å². The number of thiazole rings is 1. The van der Waals surface area contributed by atoms with Gasteiger partial charge < -0.3 is 4.90 Å². The summed E-state index contributed by atoms with van der Waals surface area (Å²) < 4.78 is 4.24. The highest BCUT2D eigenvalue weighted by Crippen LogP contribution is 2.33. The van der Waals surface area contributed by atoms with Crippen LogP contribution in [-0.4, -0.2) is 32.9 Å². The van der Waals surface area contributed by atoms with E-state index >= 15 is 0 Å². The van der Waals surface area contributed by atoms with E-state index in [4.69, 9.17) is 12.2 Å². The van der Waals surface area contributed by atoms with Gasteiger partial charge >= 0.3 is 0 Å². The number of nitrogens with zero attached hydrogens (tertiary/aromatic N) is 3. The van der Waals surface area contributed by atoms with Crippen molar-refractivity contribution in [1.29, 1.82) is 0 Å². The van der Waals surface area contributed by atoms with E-state index in [2.05, 4.69) is 6.92 Å². The number of amides is 1. The van der Waals surface area contributed by atoms with Gasteiger partial charge in [0, 0.05) is 13.1 Å². The van der Waals surface area contributed by atoms with Crippen molar-refractivity contribution in [2.45, 2.75) is 26.3 Å². The average Bonchev–Trinajstić information content (AvgIpc) is 3.14. The molecule has 1 unspecified atom stereocenters. The molecule has 2 aromatic heterocycles. The summed E-state index contributed by atoms with van der Waals surface area (Å²) in [7, 11) is 0. The smallest absolute Gasteiger partial charge is 0.262 e. The van der Waals surface area contributed by atoms with E-state index in [0.29, 0.717) is 20.9 Å². The summed E-state index contributed by atoms with van der Waals surface area (Å²) in [5.74, 6) is 0.475. The minimum Gasteiger partial charge on any atom is -0.341 e. The molecule has 158 valence electrons. The summed E-state index contributed by atoms with van der Waals surface area (Å²) in [6.45, 7) is 3.69. The predicted octanol–water partition coefficient (Wildman–Crippen LogP) is 4.97. The molecular formula is C24H23N3O2S2. The Hall–Kier alpha value is -2.77. The van der Waals surface area contributed by atoms with Crippen LogP contribution in [0.25, 0.3) is 27.0 Å². The Bertz CT molecular complexity index is 1400. The number of carbonyl (C=O) groups is 1. The van der Waals surface area contributed by atoms with Crippen molar-refractivity contribution in [2.24, 2.45) is 5.92 Å². The van der Waals surface area contributed by atoms with Crippen LogP contribution in [0.5, 0.6) is 0 Å². The molecule has 1 amide bonds. The Morgan fingerprint density at radius 3 is 2.65 bits per heavy atom. The van der Waals surface area contributed by atoms with E-state index in [1.807, 2.05) is 63.9 Å². The SMILES string of the molecule is CC1CCCN(C(=O)Cn2c(=O)c3ccccc3n3c(=S)sc(-c4ccccc4)c23)C1. The Labute approximate surface area is 189 Å². The molecule has 1 fully saturated rings. The van der Waals surface area contributed by atoms with Crippen LogP contribution in [0, 0.1) is 9.87 Å². The van der Waals surface area contributed by atoms with Gasteiger partial charge in [-0.25, -0.2) is 0 Å². The number of piperidine rings is 1. The van der Waals surface area contributed by atoms with Crippen molar-refractivity contribution in [3.63, 3.8) is 0 Å². The lowest BCUT2D eigenvalue weighted by Gasteiger charge is -2.31. The first-order valence-electron chi connectivity index (χ1n) is 10.5. The lowest BCUT2D eigenvalue weighted by molar-refractivity contribution is -0.133. The largest absolute Gasteiger partial charge is 0.341 e. The second-order valence-electron chi connectivity index (χ2n) is 8.22. The zero-order chi connectivity index (χ0) is 21.5. The lowest BCUT2D eigenvalue weighted by atomic mass is 10.0. The monoisotopic (exact) mass is 449 g/mol. The second-order valence-corrected chi connectivity index (χ2v) is 9.86. The Balaban J connectivity index is 1.76. The van der Waals surface area contributed by atoms with E-state index in [1.165, 1.54) is 11.3 Å². The molecule has 0 N–H and O–H groups in total. The van der Waals surface area contributed by atoms with Gasteiger partial charge in [-0.15, -0.1) is 11.3 Å². The van der Waals surface area contributed by atoms with Crippen molar-refractivity contribution >= 4 is 46.0 Å². The second kappa shape index (κ2) is 8.05. The fraction of sp³-hybridized carbons (Fsp3) is 0.292. The van der Waals surface area contributed by atoms with E-state index in [-0.39, 0.29) is 18.0 Å². The van der Waals surface area contributed by atoms with Crippen molar-refractivity contribution < 1.29 is 4.79 Å². The third kappa shape index (κ3) is 3.51. The minimum atomic E-state index is -0.154. The van der Waals surface area contributed by atoms with Gasteiger partial charge in [-0.3, -0.25) is 18.6 Å². The topological polar surface area (TPSA) is 46.7 Å². The zero-order valence-electron chi connectivity index (χ0n) is 17.3. The van der Waals surface area contributed by atoms with Gasteiger partial charge in [0.1, 0.15) is 12.2 Å². The molecule has 5 nitrogen and oxygen atoms in total. The number of likely N-dealkylation sites (tertiary alicyclic amines) is 1. The zero-order valence-corrected chi connectivity index (χ0v) is 18.9. The Morgan fingerprint density at radius 2 is 1.87 bits per heavy atom. The lowest BCUT2D eigenvalue weighted by Crippen LogP contribution is -2.42. The van der Waals surface area contributed by atoms with Crippen LogP contribution in [0.2, 0.25) is 0 Å². The van der Waals surface area contributed by atoms with Crippen LogP contribution in [0.4, 0.5) is 0 Å². The Kier molecular flexibility index (Phi) is 5.24. The summed E-state index contributed by atoms with van der Waals surface area (Å²) in [4.78, 5) is 29.6. The van der Waals surface area contributed by atoms with Gasteiger partial charge in [0.2, 0.25) is 5.91 Å². The quantitative estimate of drug-likeness (QED) is 0.415. The maximum atomic E-state index is 13.6. The van der Waals surface area contributed by atoms with E-state index in [9.17, 15) is 9.59 Å². The first kappa shape index (κ1) is 20.2. The molecule has 1 aliphatic heterocycles. The first-order valence-corrected chi connectivity index (χ1v) is 11.8. The predicted molar refractivity (Wildman–Crippen MR) is 128 cm³/mol. The highest BCUT2D eigenvalue weighted by Gasteiger charge is 2.24. The molecule has 0 aliphatic carbocycles. The highest BCUT2D eigenvalue weighted by molar-refractivity contribution is 7.73. The first-order chi connectivity index (χ1) is 15.0. The molecule has 3 heterocycles. The fourth-order valence-electron chi connectivity index (χ4n) is 4.49. The number of benzene rings is 2. The maximum absolute atomic E-state index is 13.6. The molecule has 0 spiro atoms. The molecule has 31 heavy (non-hydrogen) atoms. The summed E-state index contributed by atoms with van der Waals surface area (Å²) >= 11 is 7.20. The molecule has 2 aromatic carbocycles. The van der Waals surface area contributed by atoms with Crippen LogP contribution < -0.4 is 5.56 Å². The van der Waals surface area contributed by atoms with Gasteiger partial charge in [0.05, 0.1) is 15.8 Å². The third-order valence-electron chi connectivity index (χ3n) is 6.00. The van der Waals surface area contributed by atoms with E-state index < -0.39 is 0 Å². The molecule has 0 bridgehead atoms. The van der Waals surface area contributed by atoms with E-state index in [0.717, 1.165) is 41.9 Å². The van der Waals surface area contributed by atoms with Gasteiger partial charge in [-0.2, -0.15) is 0 Å². The molecule has 1 atom stereocenters. The normalized spacial score (nSPS) is 16.8. The number of rotatable bonds is 3. The third-order valence-corrected chi connectivity index (χ3v) is 7.41. The van der Waals surface area contributed by atoms with Crippen LogP contribution in [0.3, 0.4) is 0 Å². The number of para-hydroxylation sites is 1. The summed E-state index contributed by atoms with van der Waals surface area (Å²) in [5, 5.41) is 0.573. The molecule has 4 aromatic rings. The van der Waals surface area contributed by atoms with Gasteiger partial charge in [-0.05, 0) is 48.7 Å². The Morgan fingerprint density at radius 1 is 1.13 bits per heavy atom. The minimum absolute atomic E-state index is 0.0121. The number of hydrogen-bond donors (Lipinski definition) is 0. The maximum Gasteiger partial charge on any atom is 0.262 e. The average molecular weight is 450 g/mol. The summed E-state index contributed by atoms with van der Waals surface area (Å²) in [5.41, 5.74) is 2.31. The molecule has 1 aliphatic rings. The van der Waals surface area contributed by atoms with Crippen molar-refractivity contribution in [1.82, 2.24) is 13.9 Å². The van der Waals surface area contributed by atoms with Crippen LogP contribution in [0.1, 0.15) is 19.8 Å². The molecular weight excluding hydrogens is 426 g/mol. The van der Waals surface area contributed by atoms with Crippen molar-refractivity contribution in [2.75, 3.05) is 13.1 Å². The highest BCUT2D eigenvalue weighted by atomic mass is 32.1. The van der Waals surface area contributed by atoms with Gasteiger partial charge in [-0.1, -0.05) is 49.4 Å². The van der Waals surface area contributed by atoms with Gasteiger partial charge in [0.25, 0.3) is 5.56 Å². The van der Waals surface area contributed by atoms with E-state index in [1.54, 1.807) is 4.57 Å². The van der Waals surface area contributed by atoms with Crippen LogP contribution >= 0.6 is 23.6 Å². The number of fused-ring (bicyclic) bond motifs is 3. The van der Waals surface area contributed by atoms with Crippen LogP contribution in [0.15, 0.2) is 59.4 Å². The standard InChI is InChI=1S/C24H23N3O2S2/c1-16-8-7-13-25(14-16)20(28)15-26-22-21(17-9-3-2-4-10-17)31-24(30)27(22)19-12-6-5-11-18(19)23(26)29/h2-6,9-12,16H,7-8,13-15H2,1H3. The summed E-state index contributed by atoms with van der Waals surface area (Å²) in [6.07, 6.45) is 2.15. The number of hydrogen-bond acceptors (Lipinski definition) is 4. The molecule has 0 saturated carbocycles. The molecule has 1 saturated heterocycles. The molecule has 0 radical (unpaired) electrons. The molecule has 7 heteroatoms. The van der Waals surface area contributed by atoms with Gasteiger partial charge in [0.15, 0.2) is 3.95 Å². The molecule has 5 rings (SSSR count).